The molecule has 1 rings (SSSR count). The summed E-state index contributed by atoms with van der Waals surface area (Å²) in [7, 11) is 0. The highest BCUT2D eigenvalue weighted by molar-refractivity contribution is 7.99. The van der Waals surface area contributed by atoms with Gasteiger partial charge in [0, 0.05) is 5.25 Å². The van der Waals surface area contributed by atoms with E-state index < -0.39 is 0 Å². The normalized spacial score (nSPS) is 18.8. The number of hydrogen-bond donors (Lipinski definition) is 1. The van der Waals surface area contributed by atoms with Crippen LogP contribution in [0.25, 0.3) is 0 Å². The number of hydrogen-bond acceptors (Lipinski definition) is 2. The summed E-state index contributed by atoms with van der Waals surface area (Å²) in [5.41, 5.74) is 5.43. The van der Waals surface area contributed by atoms with Crippen molar-refractivity contribution >= 4 is 11.8 Å². The van der Waals surface area contributed by atoms with Crippen LogP contribution in [0.4, 0.5) is 0 Å². The third-order valence-electron chi connectivity index (χ3n) is 2.50. The summed E-state index contributed by atoms with van der Waals surface area (Å²) in [4.78, 5) is 0. The Morgan fingerprint density at radius 3 is 2.50 bits per heavy atom. The van der Waals surface area contributed by atoms with Crippen molar-refractivity contribution in [3.05, 3.63) is 0 Å². The molecule has 1 aliphatic carbocycles. The quantitative estimate of drug-likeness (QED) is 0.647. The molecule has 0 saturated heterocycles. The molecule has 0 atom stereocenters. The van der Waals surface area contributed by atoms with Gasteiger partial charge in [0.15, 0.2) is 0 Å². The molecule has 0 aromatic heterocycles. The Labute approximate surface area is 80.5 Å². The topological polar surface area (TPSA) is 26.0 Å². The van der Waals surface area contributed by atoms with E-state index in [1.165, 1.54) is 50.7 Å². The lowest BCUT2D eigenvalue weighted by Gasteiger charge is -2.07. The van der Waals surface area contributed by atoms with Crippen molar-refractivity contribution in [2.24, 2.45) is 5.73 Å². The van der Waals surface area contributed by atoms with E-state index in [2.05, 4.69) is 11.8 Å². The van der Waals surface area contributed by atoms with Crippen LogP contribution in [0.3, 0.4) is 0 Å². The highest BCUT2D eigenvalue weighted by Gasteiger charge is 2.14. The standard InChI is InChI=1S/C10H21NS/c11-8-4-1-5-9-12-10-6-2-3-7-10/h10H,1-9,11H2. The third-order valence-corrected chi connectivity index (χ3v) is 3.97. The first-order chi connectivity index (χ1) is 5.93. The van der Waals surface area contributed by atoms with E-state index in [1.807, 2.05) is 0 Å². The van der Waals surface area contributed by atoms with Gasteiger partial charge < -0.3 is 5.73 Å². The Morgan fingerprint density at radius 1 is 1.08 bits per heavy atom. The third kappa shape index (κ3) is 4.36. The van der Waals surface area contributed by atoms with E-state index >= 15 is 0 Å². The van der Waals surface area contributed by atoms with Crippen LogP contribution in [0, 0.1) is 0 Å². The maximum atomic E-state index is 5.43. The minimum absolute atomic E-state index is 0.869. The fourth-order valence-corrected chi connectivity index (χ4v) is 3.10. The van der Waals surface area contributed by atoms with Gasteiger partial charge in [-0.15, -0.1) is 0 Å². The summed E-state index contributed by atoms with van der Waals surface area (Å²) < 4.78 is 0. The average molecular weight is 187 g/mol. The molecule has 0 spiro atoms. The van der Waals surface area contributed by atoms with Gasteiger partial charge in [0.25, 0.3) is 0 Å². The van der Waals surface area contributed by atoms with Crippen molar-refractivity contribution in [3.63, 3.8) is 0 Å². The number of thioether (sulfide) groups is 1. The molecule has 0 amide bonds. The molecule has 0 bridgehead atoms. The maximum absolute atomic E-state index is 5.43. The van der Waals surface area contributed by atoms with Gasteiger partial charge in [-0.25, -0.2) is 0 Å². The second-order valence-electron chi connectivity index (χ2n) is 3.63. The van der Waals surface area contributed by atoms with Crippen LogP contribution < -0.4 is 5.73 Å². The molecule has 1 nitrogen and oxygen atoms in total. The van der Waals surface area contributed by atoms with Crippen molar-refractivity contribution in [2.45, 2.75) is 50.2 Å². The minimum atomic E-state index is 0.869. The van der Waals surface area contributed by atoms with Gasteiger partial charge in [-0.2, -0.15) is 11.8 Å². The zero-order valence-electron chi connectivity index (χ0n) is 7.93. The van der Waals surface area contributed by atoms with E-state index in [4.69, 9.17) is 5.73 Å². The summed E-state index contributed by atoms with van der Waals surface area (Å²) in [6.07, 6.45) is 9.81. The van der Waals surface area contributed by atoms with Crippen molar-refractivity contribution in [1.29, 1.82) is 0 Å². The lowest BCUT2D eigenvalue weighted by Crippen LogP contribution is -1.99. The Bertz CT molecular complexity index is 100. The predicted octanol–water partition coefficient (Wildman–Crippen LogP) is 2.79. The first-order valence-electron chi connectivity index (χ1n) is 5.25. The van der Waals surface area contributed by atoms with Gasteiger partial charge in [0.1, 0.15) is 0 Å². The zero-order chi connectivity index (χ0) is 8.65. The van der Waals surface area contributed by atoms with Crippen LogP contribution in [-0.4, -0.2) is 17.5 Å². The zero-order valence-corrected chi connectivity index (χ0v) is 8.74. The summed E-state index contributed by atoms with van der Waals surface area (Å²) in [5, 5.41) is 1.00. The molecular weight excluding hydrogens is 166 g/mol. The fraction of sp³-hybridized carbons (Fsp3) is 1.00. The lowest BCUT2D eigenvalue weighted by molar-refractivity contribution is 0.731. The van der Waals surface area contributed by atoms with Gasteiger partial charge >= 0.3 is 0 Å². The average Bonchev–Trinajstić information content (AvgIpc) is 2.57. The van der Waals surface area contributed by atoms with Gasteiger partial charge in [0.05, 0.1) is 0 Å². The SMILES string of the molecule is NCCCCCSC1CCCC1. The second-order valence-corrected chi connectivity index (χ2v) is 5.03. The van der Waals surface area contributed by atoms with Crippen molar-refractivity contribution in [3.8, 4) is 0 Å². The van der Waals surface area contributed by atoms with Crippen molar-refractivity contribution < 1.29 is 0 Å². The van der Waals surface area contributed by atoms with Crippen LogP contribution in [0.1, 0.15) is 44.9 Å². The van der Waals surface area contributed by atoms with E-state index in [-0.39, 0.29) is 0 Å². The molecule has 0 heterocycles. The van der Waals surface area contributed by atoms with Crippen LogP contribution >= 0.6 is 11.8 Å². The molecule has 1 fully saturated rings. The Kier molecular flexibility index (Phi) is 5.88. The number of unbranched alkanes of at least 4 members (excludes halogenated alkanes) is 2. The molecule has 72 valence electrons. The molecule has 0 unspecified atom stereocenters. The van der Waals surface area contributed by atoms with Gasteiger partial charge in [-0.1, -0.05) is 19.3 Å². The first kappa shape index (κ1) is 10.4. The van der Waals surface area contributed by atoms with Gasteiger partial charge in [-0.3, -0.25) is 0 Å². The van der Waals surface area contributed by atoms with Crippen LogP contribution in [0.5, 0.6) is 0 Å². The van der Waals surface area contributed by atoms with Crippen molar-refractivity contribution in [1.82, 2.24) is 0 Å². The smallest absolute Gasteiger partial charge is 0.00470 e. The van der Waals surface area contributed by atoms with E-state index in [0.717, 1.165) is 11.8 Å². The molecule has 0 aromatic rings. The van der Waals surface area contributed by atoms with Crippen LogP contribution in [-0.2, 0) is 0 Å². The number of rotatable bonds is 6. The number of nitrogens with two attached hydrogens (primary N) is 1. The molecule has 0 radical (unpaired) electrons. The molecule has 12 heavy (non-hydrogen) atoms. The van der Waals surface area contributed by atoms with Gasteiger partial charge in [0.2, 0.25) is 0 Å². The van der Waals surface area contributed by atoms with Crippen LogP contribution in [0.2, 0.25) is 0 Å². The maximum Gasteiger partial charge on any atom is 0.00470 e. The highest BCUT2D eigenvalue weighted by Crippen LogP contribution is 2.29. The molecule has 2 N–H and O–H groups in total. The largest absolute Gasteiger partial charge is 0.330 e. The fourth-order valence-electron chi connectivity index (χ4n) is 1.73. The molecule has 0 aromatic carbocycles. The van der Waals surface area contributed by atoms with Crippen LogP contribution in [0.15, 0.2) is 0 Å². The lowest BCUT2D eigenvalue weighted by atomic mass is 10.2. The second kappa shape index (κ2) is 6.79. The summed E-state index contributed by atoms with van der Waals surface area (Å²) in [6.45, 7) is 0.869. The molecule has 1 saturated carbocycles. The summed E-state index contributed by atoms with van der Waals surface area (Å²) in [6, 6.07) is 0. The molecular formula is C10H21NS. The van der Waals surface area contributed by atoms with Gasteiger partial charge in [-0.05, 0) is 38.0 Å². The summed E-state index contributed by atoms with van der Waals surface area (Å²) >= 11 is 2.19. The Morgan fingerprint density at radius 2 is 1.83 bits per heavy atom. The van der Waals surface area contributed by atoms with E-state index in [0.29, 0.717) is 0 Å². The Hall–Kier alpha value is 0.310. The van der Waals surface area contributed by atoms with E-state index in [9.17, 15) is 0 Å². The molecule has 0 aliphatic heterocycles. The highest BCUT2D eigenvalue weighted by atomic mass is 32.2. The first-order valence-corrected chi connectivity index (χ1v) is 6.30. The summed E-state index contributed by atoms with van der Waals surface area (Å²) in [5.74, 6) is 1.37. The minimum Gasteiger partial charge on any atom is -0.330 e. The predicted molar refractivity (Wildman–Crippen MR) is 57.6 cm³/mol. The molecule has 1 aliphatic rings. The van der Waals surface area contributed by atoms with Crippen molar-refractivity contribution in [2.75, 3.05) is 12.3 Å². The Balaban J connectivity index is 1.81. The monoisotopic (exact) mass is 187 g/mol. The van der Waals surface area contributed by atoms with E-state index in [1.54, 1.807) is 0 Å². The molecule has 2 heteroatoms.